The zero-order chi connectivity index (χ0) is 13.2. The predicted molar refractivity (Wildman–Crippen MR) is 68.3 cm³/mol. The molecule has 0 radical (unpaired) electrons. The average molecular weight is 262 g/mol. The number of halogens is 2. The van der Waals surface area contributed by atoms with E-state index in [1.807, 2.05) is 0 Å². The highest BCUT2D eigenvalue weighted by molar-refractivity contribution is 5.56. The van der Waals surface area contributed by atoms with E-state index in [9.17, 15) is 8.78 Å². The molecule has 0 atom stereocenters. The molecule has 0 bridgehead atoms. The first-order valence-electron chi connectivity index (χ1n) is 6.03. The zero-order valence-corrected chi connectivity index (χ0v) is 10.0. The lowest BCUT2D eigenvalue weighted by Crippen LogP contribution is -2.06. The maximum atomic E-state index is 13.5. The van der Waals surface area contributed by atoms with Crippen molar-refractivity contribution in [2.24, 2.45) is 0 Å². The quantitative estimate of drug-likeness (QED) is 0.889. The van der Waals surface area contributed by atoms with Gasteiger partial charge in [-0.2, -0.15) is 4.98 Å². The molecule has 1 aliphatic carbocycles. The zero-order valence-electron chi connectivity index (χ0n) is 10.0. The lowest BCUT2D eigenvalue weighted by Gasteiger charge is -2.08. The smallest absolute Gasteiger partial charge is 0.229 e. The van der Waals surface area contributed by atoms with E-state index >= 15 is 0 Å². The van der Waals surface area contributed by atoms with Crippen molar-refractivity contribution < 1.29 is 8.78 Å². The molecule has 0 saturated heterocycles. The summed E-state index contributed by atoms with van der Waals surface area (Å²) in [6.45, 7) is 0. The van der Waals surface area contributed by atoms with Gasteiger partial charge in [0.2, 0.25) is 5.95 Å². The van der Waals surface area contributed by atoms with Crippen LogP contribution in [0.2, 0.25) is 0 Å². The van der Waals surface area contributed by atoms with Gasteiger partial charge >= 0.3 is 0 Å². The second kappa shape index (κ2) is 4.79. The second-order valence-corrected chi connectivity index (χ2v) is 4.41. The molecule has 1 aromatic heterocycles. The number of anilines is 3. The topological polar surface area (TPSA) is 49.8 Å². The standard InChI is InChI=1S/C13H12F2N4/c14-9-2-1-3-10(15)12(9)19-13-16-7-6-11(18-13)17-8-4-5-8/h1-3,6-8H,4-5H2,(H2,16,17,18,19). The largest absolute Gasteiger partial charge is 0.367 e. The molecule has 1 saturated carbocycles. The van der Waals surface area contributed by atoms with Gasteiger partial charge in [-0.25, -0.2) is 13.8 Å². The minimum absolute atomic E-state index is 0.162. The summed E-state index contributed by atoms with van der Waals surface area (Å²) >= 11 is 0. The lowest BCUT2D eigenvalue weighted by atomic mass is 10.3. The fourth-order valence-corrected chi connectivity index (χ4v) is 1.67. The molecule has 98 valence electrons. The van der Waals surface area contributed by atoms with Crippen molar-refractivity contribution in [3.05, 3.63) is 42.1 Å². The van der Waals surface area contributed by atoms with Crippen LogP contribution in [-0.4, -0.2) is 16.0 Å². The number of rotatable bonds is 4. The Morgan fingerprint density at radius 1 is 1.11 bits per heavy atom. The Bertz CT molecular complexity index is 579. The predicted octanol–water partition coefficient (Wildman–Crippen LogP) is 3.07. The molecule has 0 amide bonds. The Balaban J connectivity index is 1.82. The third-order valence-electron chi connectivity index (χ3n) is 2.78. The molecular weight excluding hydrogens is 250 g/mol. The first kappa shape index (κ1) is 11.8. The van der Waals surface area contributed by atoms with E-state index in [0.717, 1.165) is 12.8 Å². The maximum absolute atomic E-state index is 13.5. The molecular formula is C13H12F2N4. The van der Waals surface area contributed by atoms with E-state index < -0.39 is 11.6 Å². The summed E-state index contributed by atoms with van der Waals surface area (Å²) in [5, 5.41) is 5.75. The molecule has 6 heteroatoms. The van der Waals surface area contributed by atoms with Crippen LogP contribution < -0.4 is 10.6 Å². The molecule has 19 heavy (non-hydrogen) atoms. The molecule has 1 fully saturated rings. The molecule has 0 spiro atoms. The number of nitrogens with zero attached hydrogens (tertiary/aromatic N) is 2. The molecule has 2 N–H and O–H groups in total. The summed E-state index contributed by atoms with van der Waals surface area (Å²) in [6.07, 6.45) is 3.78. The summed E-state index contributed by atoms with van der Waals surface area (Å²) in [6, 6.07) is 5.84. The highest BCUT2D eigenvalue weighted by Crippen LogP contribution is 2.25. The molecule has 1 aliphatic rings. The minimum atomic E-state index is -0.677. The third kappa shape index (κ3) is 2.78. The van der Waals surface area contributed by atoms with Gasteiger partial charge in [-0.05, 0) is 31.0 Å². The summed E-state index contributed by atoms with van der Waals surface area (Å²) in [4.78, 5) is 8.11. The van der Waals surface area contributed by atoms with Crippen LogP contribution in [0.4, 0.5) is 26.2 Å². The molecule has 0 unspecified atom stereocenters. The van der Waals surface area contributed by atoms with Crippen molar-refractivity contribution in [2.45, 2.75) is 18.9 Å². The van der Waals surface area contributed by atoms with Crippen molar-refractivity contribution in [1.82, 2.24) is 9.97 Å². The van der Waals surface area contributed by atoms with Gasteiger partial charge in [0.25, 0.3) is 0 Å². The second-order valence-electron chi connectivity index (χ2n) is 4.41. The van der Waals surface area contributed by atoms with Crippen LogP contribution in [-0.2, 0) is 0 Å². The van der Waals surface area contributed by atoms with E-state index in [-0.39, 0.29) is 11.6 Å². The minimum Gasteiger partial charge on any atom is -0.367 e. The Morgan fingerprint density at radius 2 is 1.84 bits per heavy atom. The van der Waals surface area contributed by atoms with Crippen molar-refractivity contribution in [3.8, 4) is 0 Å². The number of benzene rings is 1. The van der Waals surface area contributed by atoms with Gasteiger partial charge in [-0.1, -0.05) is 6.07 Å². The molecule has 0 aliphatic heterocycles. The normalized spacial score (nSPS) is 14.2. The summed E-state index contributed by atoms with van der Waals surface area (Å²) in [5.74, 6) is -0.542. The van der Waals surface area contributed by atoms with Crippen LogP contribution in [0.1, 0.15) is 12.8 Å². The highest BCUT2D eigenvalue weighted by atomic mass is 19.1. The Labute approximate surface area is 108 Å². The van der Waals surface area contributed by atoms with Gasteiger partial charge in [0.05, 0.1) is 0 Å². The number of hydrogen-bond acceptors (Lipinski definition) is 4. The van der Waals surface area contributed by atoms with E-state index in [0.29, 0.717) is 11.9 Å². The molecule has 4 nitrogen and oxygen atoms in total. The van der Waals surface area contributed by atoms with Crippen LogP contribution in [0, 0.1) is 11.6 Å². The van der Waals surface area contributed by atoms with Gasteiger partial charge in [-0.15, -0.1) is 0 Å². The van der Waals surface area contributed by atoms with Crippen LogP contribution in [0.15, 0.2) is 30.5 Å². The van der Waals surface area contributed by atoms with Gasteiger partial charge in [-0.3, -0.25) is 0 Å². The average Bonchev–Trinajstić information content (AvgIpc) is 3.18. The number of nitrogens with one attached hydrogen (secondary N) is 2. The summed E-state index contributed by atoms with van der Waals surface area (Å²) < 4.78 is 27.0. The van der Waals surface area contributed by atoms with E-state index in [1.54, 1.807) is 12.3 Å². The van der Waals surface area contributed by atoms with Gasteiger partial charge in [0.15, 0.2) is 0 Å². The molecule has 1 heterocycles. The Morgan fingerprint density at radius 3 is 2.53 bits per heavy atom. The number of para-hydroxylation sites is 1. The summed E-state index contributed by atoms with van der Waals surface area (Å²) in [7, 11) is 0. The van der Waals surface area contributed by atoms with Crippen molar-refractivity contribution in [3.63, 3.8) is 0 Å². The molecule has 3 rings (SSSR count). The summed E-state index contributed by atoms with van der Waals surface area (Å²) in [5.41, 5.74) is -0.244. The van der Waals surface area contributed by atoms with Crippen LogP contribution in [0.25, 0.3) is 0 Å². The fraction of sp³-hybridized carbons (Fsp3) is 0.231. The third-order valence-corrected chi connectivity index (χ3v) is 2.78. The van der Waals surface area contributed by atoms with Crippen LogP contribution >= 0.6 is 0 Å². The molecule has 1 aromatic carbocycles. The van der Waals surface area contributed by atoms with Gasteiger partial charge in [0, 0.05) is 12.2 Å². The molecule has 2 aromatic rings. The first-order valence-corrected chi connectivity index (χ1v) is 6.03. The van der Waals surface area contributed by atoms with Gasteiger partial charge < -0.3 is 10.6 Å². The fourth-order valence-electron chi connectivity index (χ4n) is 1.67. The SMILES string of the molecule is Fc1cccc(F)c1Nc1nccc(NC2CC2)n1. The van der Waals surface area contributed by atoms with E-state index in [4.69, 9.17) is 0 Å². The van der Waals surface area contributed by atoms with E-state index in [2.05, 4.69) is 20.6 Å². The number of aromatic nitrogens is 2. The van der Waals surface area contributed by atoms with Crippen LogP contribution in [0.3, 0.4) is 0 Å². The highest BCUT2D eigenvalue weighted by Gasteiger charge is 2.21. The van der Waals surface area contributed by atoms with E-state index in [1.165, 1.54) is 18.2 Å². The van der Waals surface area contributed by atoms with Crippen molar-refractivity contribution >= 4 is 17.5 Å². The van der Waals surface area contributed by atoms with Crippen molar-refractivity contribution in [1.29, 1.82) is 0 Å². The van der Waals surface area contributed by atoms with Crippen LogP contribution in [0.5, 0.6) is 0 Å². The van der Waals surface area contributed by atoms with Gasteiger partial charge in [0.1, 0.15) is 23.1 Å². The lowest BCUT2D eigenvalue weighted by molar-refractivity contribution is 0.590. The number of hydrogen-bond donors (Lipinski definition) is 2. The van der Waals surface area contributed by atoms with Crippen molar-refractivity contribution in [2.75, 3.05) is 10.6 Å². The first-order chi connectivity index (χ1) is 9.22. The Hall–Kier alpha value is -2.24. The maximum Gasteiger partial charge on any atom is 0.229 e. The Kier molecular flexibility index (Phi) is 2.98. The monoisotopic (exact) mass is 262 g/mol.